The number of aliphatic hydroxyl groups is 2. The van der Waals surface area contributed by atoms with E-state index in [1.807, 2.05) is 78.9 Å². The number of ether oxygens (including phenoxy) is 4. The van der Waals surface area contributed by atoms with Gasteiger partial charge in [-0.1, -0.05) is 66.7 Å². The van der Waals surface area contributed by atoms with E-state index in [1.54, 1.807) is 0 Å². The fourth-order valence-corrected chi connectivity index (χ4v) is 8.45. The van der Waals surface area contributed by atoms with Gasteiger partial charge in [0.05, 0.1) is 50.7 Å². The van der Waals surface area contributed by atoms with Gasteiger partial charge in [-0.3, -0.25) is 9.69 Å². The number of nitrogens with one attached hydrogen (secondary N) is 1. The van der Waals surface area contributed by atoms with Crippen molar-refractivity contribution in [1.29, 1.82) is 0 Å². The molecular weight excluding hydrogens is 678 g/mol. The van der Waals surface area contributed by atoms with Gasteiger partial charge in [0.1, 0.15) is 12.4 Å². The summed E-state index contributed by atoms with van der Waals surface area (Å²) in [7, 11) is 0. The Kier molecular flexibility index (Phi) is 11.9. The molecule has 0 radical (unpaired) electrons. The third-order valence-electron chi connectivity index (χ3n) is 11.3. The van der Waals surface area contributed by atoms with Crippen LogP contribution in [0.2, 0.25) is 0 Å². The van der Waals surface area contributed by atoms with Crippen LogP contribution in [0, 0.1) is 11.8 Å². The molecule has 0 bridgehead atoms. The number of amides is 2. The number of carbonyl (C=O) groups is 2. The summed E-state index contributed by atoms with van der Waals surface area (Å²) in [5.74, 6) is -2.05. The highest BCUT2D eigenvalue weighted by Crippen LogP contribution is 2.45. The predicted molar refractivity (Wildman–Crippen MR) is 195 cm³/mol. The van der Waals surface area contributed by atoms with Crippen molar-refractivity contribution < 1.29 is 43.9 Å². The van der Waals surface area contributed by atoms with Crippen LogP contribution < -0.4 is 10.1 Å². The van der Waals surface area contributed by atoms with E-state index in [9.17, 15) is 24.9 Å². The molecular formula is C41H51N3O9. The molecule has 12 nitrogen and oxygen atoms in total. The van der Waals surface area contributed by atoms with E-state index < -0.39 is 42.2 Å². The maximum absolute atomic E-state index is 14.3. The fraction of sp³-hybridized carbons (Fsp3) is 0.512. The van der Waals surface area contributed by atoms with E-state index >= 15 is 0 Å². The first kappa shape index (κ1) is 37.3. The van der Waals surface area contributed by atoms with Crippen molar-refractivity contribution >= 4 is 12.0 Å². The summed E-state index contributed by atoms with van der Waals surface area (Å²) < 4.78 is 23.6. The lowest BCUT2D eigenvalue weighted by Gasteiger charge is -2.44. The maximum Gasteiger partial charge on any atom is 0.411 e. The minimum atomic E-state index is -1.50. The normalized spacial score (nSPS) is 25.6. The van der Waals surface area contributed by atoms with Crippen LogP contribution >= 0.6 is 0 Å². The highest BCUT2D eigenvalue weighted by molar-refractivity contribution is 5.80. The Bertz CT molecular complexity index is 1660. The molecule has 0 aromatic heterocycles. The maximum atomic E-state index is 14.3. The monoisotopic (exact) mass is 729 g/mol. The van der Waals surface area contributed by atoms with Gasteiger partial charge in [0.2, 0.25) is 5.91 Å². The minimum absolute atomic E-state index is 0.0455. The molecule has 0 spiro atoms. The van der Waals surface area contributed by atoms with Crippen molar-refractivity contribution in [2.75, 3.05) is 52.7 Å². The molecule has 284 valence electrons. The molecule has 0 saturated carbocycles. The first-order chi connectivity index (χ1) is 25.8. The van der Waals surface area contributed by atoms with Gasteiger partial charge in [-0.2, -0.15) is 0 Å². The van der Waals surface area contributed by atoms with E-state index in [1.165, 1.54) is 4.90 Å². The molecule has 3 fully saturated rings. The number of fused-ring (bicyclic) bond motifs is 2. The molecule has 1 aliphatic carbocycles. The molecule has 53 heavy (non-hydrogen) atoms. The number of benzene rings is 3. The van der Waals surface area contributed by atoms with Crippen LogP contribution in [0.1, 0.15) is 47.6 Å². The molecule has 7 rings (SSSR count). The van der Waals surface area contributed by atoms with Crippen LogP contribution in [-0.2, 0) is 38.3 Å². The highest BCUT2D eigenvalue weighted by atomic mass is 16.7. The molecule has 3 saturated heterocycles. The second kappa shape index (κ2) is 17.0. The Morgan fingerprint density at radius 1 is 0.906 bits per heavy atom. The first-order valence-electron chi connectivity index (χ1n) is 18.9. The number of hydrogen-bond acceptors (Lipinski definition) is 9. The van der Waals surface area contributed by atoms with E-state index in [4.69, 9.17) is 18.9 Å². The summed E-state index contributed by atoms with van der Waals surface area (Å²) in [6, 6.07) is 23.1. The summed E-state index contributed by atoms with van der Waals surface area (Å²) in [5.41, 5.74) is 3.54. The first-order valence-corrected chi connectivity index (χ1v) is 18.9. The van der Waals surface area contributed by atoms with Crippen LogP contribution in [-0.4, -0.2) is 114 Å². The molecule has 3 aromatic rings. The standard InChI is InChI=1S/C41H51N3O9/c45-36(35(25-28-6-2-1-3-7-28)44(40(48)49)41-32(14-19-52-41)15-20-53-41)27-31(39(47)42-38-34-9-5-4-8-30(34)26-37(38)46)24-29-10-12-33(13-11-29)51-23-18-43-16-21-50-22-17-43/h1-13,31-32,35-38,45-46H,14-27H2,(H,42,47)(H,48,49)/t31-,32?,35+,36+,37-,38+,41?/m1/s1. The summed E-state index contributed by atoms with van der Waals surface area (Å²) in [6.45, 7) is 5.29. The smallest absolute Gasteiger partial charge is 0.411 e. The zero-order chi connectivity index (χ0) is 36.8. The number of aliphatic hydroxyl groups excluding tert-OH is 2. The Balaban J connectivity index is 1.13. The SMILES string of the molecule is O=C(N[C@H]1c2ccccc2C[C@H]1O)[C@H](Cc1ccc(OCCN2CCOCC2)cc1)C[C@H](O)[C@H](Cc1ccccc1)N(C(=O)O)C12OCCC1CCO2. The Hall–Kier alpha value is -4.04. The lowest BCUT2D eigenvalue weighted by Crippen LogP contribution is -2.62. The van der Waals surface area contributed by atoms with Crippen molar-refractivity contribution in [2.45, 2.75) is 68.7 Å². The van der Waals surface area contributed by atoms with Gasteiger partial charge in [0, 0.05) is 37.9 Å². The molecule has 4 aliphatic rings. The highest BCUT2D eigenvalue weighted by Gasteiger charge is 2.58. The number of hydrogen-bond donors (Lipinski definition) is 4. The van der Waals surface area contributed by atoms with E-state index in [0.717, 1.165) is 60.9 Å². The predicted octanol–water partition coefficient (Wildman–Crippen LogP) is 3.78. The van der Waals surface area contributed by atoms with Crippen LogP contribution in [0.5, 0.6) is 5.75 Å². The van der Waals surface area contributed by atoms with Gasteiger partial charge in [0.15, 0.2) is 0 Å². The largest absolute Gasteiger partial charge is 0.492 e. The van der Waals surface area contributed by atoms with Crippen molar-refractivity contribution in [3.05, 3.63) is 101 Å². The lowest BCUT2D eigenvalue weighted by atomic mass is 9.87. The zero-order valence-corrected chi connectivity index (χ0v) is 30.1. The van der Waals surface area contributed by atoms with Crippen molar-refractivity contribution in [3.8, 4) is 5.75 Å². The van der Waals surface area contributed by atoms with E-state index in [0.29, 0.717) is 39.1 Å². The molecule has 0 unspecified atom stereocenters. The zero-order valence-electron chi connectivity index (χ0n) is 30.1. The third-order valence-corrected chi connectivity index (χ3v) is 11.3. The van der Waals surface area contributed by atoms with Crippen molar-refractivity contribution in [2.24, 2.45) is 11.8 Å². The van der Waals surface area contributed by atoms with E-state index in [-0.39, 0.29) is 31.1 Å². The average Bonchev–Trinajstić information content (AvgIpc) is 3.85. The Morgan fingerprint density at radius 2 is 1.58 bits per heavy atom. The number of carboxylic acid groups (broad SMARTS) is 1. The van der Waals surface area contributed by atoms with Crippen LogP contribution in [0.3, 0.4) is 0 Å². The van der Waals surface area contributed by atoms with Gasteiger partial charge in [-0.05, 0) is 66.5 Å². The Labute approximate surface area is 310 Å². The topological polar surface area (TPSA) is 150 Å². The van der Waals surface area contributed by atoms with Crippen LogP contribution in [0.25, 0.3) is 0 Å². The number of morpholine rings is 1. The number of nitrogens with zero attached hydrogens (tertiary/aromatic N) is 2. The summed E-state index contributed by atoms with van der Waals surface area (Å²) in [6.07, 6.45) is -1.17. The number of rotatable bonds is 15. The lowest BCUT2D eigenvalue weighted by molar-refractivity contribution is -0.287. The second-order valence-electron chi connectivity index (χ2n) is 14.6. The van der Waals surface area contributed by atoms with Crippen molar-refractivity contribution in [3.63, 3.8) is 0 Å². The van der Waals surface area contributed by atoms with Gasteiger partial charge in [0.25, 0.3) is 5.91 Å². The summed E-state index contributed by atoms with van der Waals surface area (Å²) in [4.78, 5) is 31.0. The summed E-state index contributed by atoms with van der Waals surface area (Å²) in [5, 5.41) is 37.1. The van der Waals surface area contributed by atoms with Gasteiger partial charge in [-0.15, -0.1) is 0 Å². The number of carbonyl (C=O) groups excluding carboxylic acids is 1. The second-order valence-corrected chi connectivity index (χ2v) is 14.6. The van der Waals surface area contributed by atoms with Gasteiger partial charge >= 0.3 is 6.09 Å². The Morgan fingerprint density at radius 3 is 2.30 bits per heavy atom. The fourth-order valence-electron chi connectivity index (χ4n) is 8.45. The average molecular weight is 730 g/mol. The van der Waals surface area contributed by atoms with Crippen LogP contribution in [0.15, 0.2) is 78.9 Å². The molecule has 3 aliphatic heterocycles. The molecule has 3 aromatic carbocycles. The molecule has 4 N–H and O–H groups in total. The van der Waals surface area contributed by atoms with Gasteiger partial charge < -0.3 is 39.6 Å². The molecule has 3 heterocycles. The molecule has 2 amide bonds. The molecule has 12 heteroatoms. The summed E-state index contributed by atoms with van der Waals surface area (Å²) >= 11 is 0. The third kappa shape index (κ3) is 8.53. The van der Waals surface area contributed by atoms with Gasteiger partial charge in [-0.25, -0.2) is 9.69 Å². The van der Waals surface area contributed by atoms with Crippen molar-refractivity contribution in [1.82, 2.24) is 15.1 Å². The minimum Gasteiger partial charge on any atom is -0.492 e. The van der Waals surface area contributed by atoms with Crippen LogP contribution in [0.4, 0.5) is 4.79 Å². The van der Waals surface area contributed by atoms with E-state index in [2.05, 4.69) is 10.2 Å². The quantitative estimate of drug-likeness (QED) is 0.182. The molecule has 5 atom stereocenters.